The largest absolute Gasteiger partial charge is 0.321 e. The standard InChI is InChI=1S/C25H22N4OS/c30-25(24-22-9-4-10-23(22)29(28-24)20-7-2-1-3-8-20)27-19-11-13-21(14-12-19)31-17-18-6-5-15-26-16-18/h1-3,5-8,11-16H,4,9-10,17H2,(H,27,30). The minimum absolute atomic E-state index is 0.149. The second-order valence-electron chi connectivity index (χ2n) is 7.50. The van der Waals surface area contributed by atoms with Crippen LogP contribution in [0.25, 0.3) is 5.69 Å². The summed E-state index contributed by atoms with van der Waals surface area (Å²) in [6.07, 6.45) is 6.57. The number of thioether (sulfide) groups is 1. The van der Waals surface area contributed by atoms with E-state index < -0.39 is 0 Å². The van der Waals surface area contributed by atoms with Crippen molar-refractivity contribution in [3.05, 3.63) is 102 Å². The number of benzene rings is 2. The van der Waals surface area contributed by atoms with E-state index in [1.807, 2.05) is 71.5 Å². The van der Waals surface area contributed by atoms with Gasteiger partial charge in [0.05, 0.1) is 5.69 Å². The summed E-state index contributed by atoms with van der Waals surface area (Å²) in [4.78, 5) is 18.3. The molecule has 0 radical (unpaired) electrons. The van der Waals surface area contributed by atoms with E-state index in [0.29, 0.717) is 5.69 Å². The molecule has 4 aromatic rings. The van der Waals surface area contributed by atoms with Gasteiger partial charge in [0, 0.05) is 40.0 Å². The van der Waals surface area contributed by atoms with E-state index in [1.165, 1.54) is 5.56 Å². The number of amides is 1. The van der Waals surface area contributed by atoms with Crippen LogP contribution in [0.5, 0.6) is 0 Å². The third kappa shape index (κ3) is 4.25. The van der Waals surface area contributed by atoms with E-state index in [1.54, 1.807) is 18.0 Å². The first-order valence-corrected chi connectivity index (χ1v) is 11.4. The van der Waals surface area contributed by atoms with Crippen LogP contribution in [0.2, 0.25) is 0 Å². The lowest BCUT2D eigenvalue weighted by molar-refractivity contribution is 0.102. The molecule has 1 amide bonds. The van der Waals surface area contributed by atoms with E-state index in [0.717, 1.165) is 52.5 Å². The van der Waals surface area contributed by atoms with Crippen molar-refractivity contribution < 1.29 is 4.79 Å². The number of carbonyl (C=O) groups is 1. The fourth-order valence-electron chi connectivity index (χ4n) is 3.88. The molecule has 5 rings (SSSR count). The highest BCUT2D eigenvalue weighted by Crippen LogP contribution is 2.29. The molecule has 1 aliphatic rings. The van der Waals surface area contributed by atoms with E-state index in [9.17, 15) is 4.79 Å². The maximum Gasteiger partial charge on any atom is 0.276 e. The Bertz CT molecular complexity index is 1190. The number of para-hydroxylation sites is 1. The van der Waals surface area contributed by atoms with Gasteiger partial charge in [-0.1, -0.05) is 24.3 Å². The molecule has 5 nitrogen and oxygen atoms in total. The fourth-order valence-corrected chi connectivity index (χ4v) is 4.71. The molecule has 0 spiro atoms. The first kappa shape index (κ1) is 19.6. The van der Waals surface area contributed by atoms with Crippen LogP contribution >= 0.6 is 11.8 Å². The summed E-state index contributed by atoms with van der Waals surface area (Å²) in [5.74, 6) is 0.714. The van der Waals surface area contributed by atoms with Crippen LogP contribution < -0.4 is 5.32 Å². The Labute approximate surface area is 185 Å². The average molecular weight is 427 g/mol. The monoisotopic (exact) mass is 426 g/mol. The molecule has 0 atom stereocenters. The molecular formula is C25H22N4OS. The first-order chi connectivity index (χ1) is 15.3. The van der Waals surface area contributed by atoms with Gasteiger partial charge in [0.1, 0.15) is 0 Å². The first-order valence-electron chi connectivity index (χ1n) is 10.4. The molecule has 0 saturated heterocycles. The molecule has 1 aliphatic carbocycles. The highest BCUT2D eigenvalue weighted by atomic mass is 32.2. The maximum atomic E-state index is 13.0. The van der Waals surface area contributed by atoms with Crippen molar-refractivity contribution in [2.24, 2.45) is 0 Å². The van der Waals surface area contributed by atoms with Crippen LogP contribution in [0, 0.1) is 0 Å². The average Bonchev–Trinajstić information content (AvgIpc) is 3.43. The molecule has 6 heteroatoms. The van der Waals surface area contributed by atoms with Gasteiger partial charge in [0.25, 0.3) is 5.91 Å². The molecule has 154 valence electrons. The molecule has 0 fully saturated rings. The van der Waals surface area contributed by atoms with Gasteiger partial charge in [-0.3, -0.25) is 9.78 Å². The van der Waals surface area contributed by atoms with Gasteiger partial charge >= 0.3 is 0 Å². The van der Waals surface area contributed by atoms with Gasteiger partial charge < -0.3 is 5.32 Å². The molecule has 31 heavy (non-hydrogen) atoms. The number of fused-ring (bicyclic) bond motifs is 1. The molecule has 0 unspecified atom stereocenters. The Morgan fingerprint density at radius 1 is 1.00 bits per heavy atom. The zero-order chi connectivity index (χ0) is 21.0. The van der Waals surface area contributed by atoms with Gasteiger partial charge in [-0.05, 0) is 67.3 Å². The van der Waals surface area contributed by atoms with Gasteiger partial charge in [0.2, 0.25) is 0 Å². The van der Waals surface area contributed by atoms with Crippen LogP contribution in [0.3, 0.4) is 0 Å². The molecule has 0 aliphatic heterocycles. The maximum absolute atomic E-state index is 13.0. The van der Waals surface area contributed by atoms with Gasteiger partial charge in [-0.2, -0.15) is 5.10 Å². The number of aromatic nitrogens is 3. The predicted octanol–water partition coefficient (Wildman–Crippen LogP) is 5.30. The number of anilines is 1. The molecule has 0 saturated carbocycles. The molecular weight excluding hydrogens is 404 g/mol. The van der Waals surface area contributed by atoms with Crippen LogP contribution in [-0.4, -0.2) is 20.7 Å². The van der Waals surface area contributed by atoms with Gasteiger partial charge in [-0.25, -0.2) is 4.68 Å². The summed E-state index contributed by atoms with van der Waals surface area (Å²) < 4.78 is 1.93. The molecule has 2 heterocycles. The normalized spacial score (nSPS) is 12.5. The highest BCUT2D eigenvalue weighted by Gasteiger charge is 2.26. The van der Waals surface area contributed by atoms with E-state index in [2.05, 4.69) is 21.5 Å². The predicted molar refractivity (Wildman–Crippen MR) is 124 cm³/mol. The number of hydrogen-bond acceptors (Lipinski definition) is 4. The number of nitrogens with one attached hydrogen (secondary N) is 1. The van der Waals surface area contributed by atoms with Crippen LogP contribution in [0.15, 0.2) is 84.0 Å². The Hall–Kier alpha value is -3.38. The lowest BCUT2D eigenvalue weighted by Gasteiger charge is -2.07. The summed E-state index contributed by atoms with van der Waals surface area (Å²) in [7, 11) is 0. The molecule has 0 bridgehead atoms. The minimum atomic E-state index is -0.149. The molecule has 2 aromatic heterocycles. The van der Waals surface area contributed by atoms with E-state index in [4.69, 9.17) is 0 Å². The van der Waals surface area contributed by atoms with Crippen LogP contribution in [0.1, 0.15) is 33.7 Å². The Morgan fingerprint density at radius 3 is 2.61 bits per heavy atom. The van der Waals surface area contributed by atoms with Crippen molar-refractivity contribution >= 4 is 23.4 Å². The third-order valence-electron chi connectivity index (χ3n) is 5.39. The summed E-state index contributed by atoms with van der Waals surface area (Å²) in [5.41, 5.74) is 5.72. The van der Waals surface area contributed by atoms with Crippen molar-refractivity contribution in [2.45, 2.75) is 29.9 Å². The second kappa shape index (κ2) is 8.78. The zero-order valence-corrected chi connectivity index (χ0v) is 17.8. The van der Waals surface area contributed by atoms with Crippen molar-refractivity contribution in [3.8, 4) is 5.69 Å². The number of rotatable bonds is 6. The minimum Gasteiger partial charge on any atom is -0.321 e. The van der Waals surface area contributed by atoms with Gasteiger partial charge in [0.15, 0.2) is 5.69 Å². The van der Waals surface area contributed by atoms with E-state index in [-0.39, 0.29) is 5.91 Å². The van der Waals surface area contributed by atoms with Crippen LogP contribution in [-0.2, 0) is 18.6 Å². The topological polar surface area (TPSA) is 59.8 Å². The van der Waals surface area contributed by atoms with Crippen molar-refractivity contribution in [1.82, 2.24) is 14.8 Å². The summed E-state index contributed by atoms with van der Waals surface area (Å²) in [5, 5.41) is 7.69. The Kier molecular flexibility index (Phi) is 5.54. The number of carbonyl (C=O) groups excluding carboxylic acids is 1. The van der Waals surface area contributed by atoms with Crippen molar-refractivity contribution in [2.75, 3.05) is 5.32 Å². The zero-order valence-electron chi connectivity index (χ0n) is 17.0. The number of pyridine rings is 1. The van der Waals surface area contributed by atoms with Crippen LogP contribution in [0.4, 0.5) is 5.69 Å². The Balaban J connectivity index is 1.29. The molecule has 1 N–H and O–H groups in total. The summed E-state index contributed by atoms with van der Waals surface area (Å²) in [6, 6.07) is 22.0. The quantitative estimate of drug-likeness (QED) is 0.425. The van der Waals surface area contributed by atoms with Gasteiger partial charge in [-0.15, -0.1) is 11.8 Å². The van der Waals surface area contributed by atoms with E-state index >= 15 is 0 Å². The highest BCUT2D eigenvalue weighted by molar-refractivity contribution is 7.98. The second-order valence-corrected chi connectivity index (χ2v) is 8.55. The van der Waals surface area contributed by atoms with Crippen molar-refractivity contribution in [1.29, 1.82) is 0 Å². The molecule has 2 aromatic carbocycles. The van der Waals surface area contributed by atoms with Crippen molar-refractivity contribution in [3.63, 3.8) is 0 Å². The smallest absolute Gasteiger partial charge is 0.276 e. The lowest BCUT2D eigenvalue weighted by Crippen LogP contribution is -2.14. The summed E-state index contributed by atoms with van der Waals surface area (Å²) >= 11 is 1.75. The number of hydrogen-bond donors (Lipinski definition) is 1. The lowest BCUT2D eigenvalue weighted by atomic mass is 10.2. The third-order valence-corrected chi connectivity index (χ3v) is 6.47. The Morgan fingerprint density at radius 2 is 1.84 bits per heavy atom. The SMILES string of the molecule is O=C(Nc1ccc(SCc2cccnc2)cc1)c1nn(-c2ccccc2)c2c1CCC2. The fraction of sp³-hybridized carbons (Fsp3) is 0.160. The number of nitrogens with zero attached hydrogens (tertiary/aromatic N) is 3. The summed E-state index contributed by atoms with van der Waals surface area (Å²) in [6.45, 7) is 0.